The molecule has 0 aromatic carbocycles. The summed E-state index contributed by atoms with van der Waals surface area (Å²) in [6.07, 6.45) is 0. The van der Waals surface area contributed by atoms with Crippen LogP contribution in [0.25, 0.3) is 0 Å². The van der Waals surface area contributed by atoms with Crippen LogP contribution in [0.1, 0.15) is 6.92 Å². The normalized spacial score (nSPS) is 12.2. The minimum Gasteiger partial charge on any atom is -0.513 e. The molecule has 0 amide bonds. The van der Waals surface area contributed by atoms with E-state index in [-0.39, 0.29) is 46.0 Å². The topological polar surface area (TPSA) is 90.9 Å². The first kappa shape index (κ1) is 20.5. The Kier molecular flexibility index (Phi) is 7.68. The summed E-state index contributed by atoms with van der Waals surface area (Å²) in [5.41, 5.74) is -0.289. The van der Waals surface area contributed by atoms with Gasteiger partial charge in [0.2, 0.25) is 0 Å². The molecule has 1 aliphatic rings. The van der Waals surface area contributed by atoms with E-state index in [1.54, 1.807) is 30.6 Å². The molecule has 0 aliphatic carbocycles. The molecular formula is C13H21AgN4O4. The summed E-state index contributed by atoms with van der Waals surface area (Å²) < 4.78 is 2.49. The molecule has 0 saturated heterocycles. The molecule has 8 nitrogen and oxygen atoms in total. The van der Waals surface area contributed by atoms with Crippen molar-refractivity contribution in [3.05, 3.63) is 39.8 Å². The van der Waals surface area contributed by atoms with Gasteiger partial charge in [-0.15, -0.1) is 0 Å². The number of aliphatic hydroxyl groups excluding tert-OH is 2. The van der Waals surface area contributed by atoms with E-state index in [4.69, 9.17) is 10.2 Å². The van der Waals surface area contributed by atoms with Crippen LogP contribution in [0.3, 0.4) is 0 Å². The van der Waals surface area contributed by atoms with Crippen LogP contribution in [0.5, 0.6) is 0 Å². The van der Waals surface area contributed by atoms with Gasteiger partial charge in [0.25, 0.3) is 5.56 Å². The van der Waals surface area contributed by atoms with Gasteiger partial charge >= 0.3 is 28.1 Å². The Morgan fingerprint density at radius 1 is 1.23 bits per heavy atom. The van der Waals surface area contributed by atoms with Crippen molar-refractivity contribution >= 4 is 11.5 Å². The third-order valence-electron chi connectivity index (χ3n) is 2.89. The van der Waals surface area contributed by atoms with Gasteiger partial charge in [0.05, 0.1) is 12.4 Å². The number of aliphatic hydroxyl groups is 2. The van der Waals surface area contributed by atoms with E-state index < -0.39 is 0 Å². The predicted octanol–water partition coefficient (Wildman–Crippen LogP) is -0.473. The van der Waals surface area contributed by atoms with Crippen molar-refractivity contribution in [2.24, 2.45) is 14.1 Å². The SMILES string of the molecule is C=C(C)O.CN1[CH-]N(CCO)c2c1n(C)c(=O)n(C)c2=O.[Ag+]. The molecule has 2 heterocycles. The van der Waals surface area contributed by atoms with Gasteiger partial charge in [-0.05, 0) is 14.0 Å². The number of anilines is 2. The summed E-state index contributed by atoms with van der Waals surface area (Å²) in [6, 6.07) is 0. The maximum absolute atomic E-state index is 12.0. The number of allylic oxidation sites excluding steroid dienone is 1. The molecule has 0 bridgehead atoms. The average molecular weight is 405 g/mol. The molecule has 0 atom stereocenters. The van der Waals surface area contributed by atoms with Crippen LogP contribution in [0.15, 0.2) is 21.9 Å². The fourth-order valence-electron chi connectivity index (χ4n) is 2.07. The minimum atomic E-state index is -0.361. The molecule has 22 heavy (non-hydrogen) atoms. The summed E-state index contributed by atoms with van der Waals surface area (Å²) in [4.78, 5) is 27.2. The third-order valence-corrected chi connectivity index (χ3v) is 2.89. The first-order valence-corrected chi connectivity index (χ1v) is 6.32. The van der Waals surface area contributed by atoms with Gasteiger partial charge in [-0.1, -0.05) is 6.58 Å². The van der Waals surface area contributed by atoms with Gasteiger partial charge in [-0.2, -0.15) is 6.67 Å². The number of rotatable bonds is 2. The Morgan fingerprint density at radius 3 is 2.18 bits per heavy atom. The second-order valence-electron chi connectivity index (χ2n) is 4.76. The van der Waals surface area contributed by atoms with E-state index in [9.17, 15) is 9.59 Å². The second kappa shape index (κ2) is 8.23. The van der Waals surface area contributed by atoms with Gasteiger partial charge in [0.15, 0.2) is 0 Å². The molecule has 128 valence electrons. The summed E-state index contributed by atoms with van der Waals surface area (Å²) in [7, 11) is 4.82. The zero-order valence-corrected chi connectivity index (χ0v) is 14.5. The maximum Gasteiger partial charge on any atom is 1.00 e. The molecule has 2 rings (SSSR count). The van der Waals surface area contributed by atoms with Gasteiger partial charge in [0, 0.05) is 20.6 Å². The van der Waals surface area contributed by atoms with E-state index in [1.807, 2.05) is 0 Å². The van der Waals surface area contributed by atoms with Gasteiger partial charge in [-0.25, -0.2) is 4.79 Å². The van der Waals surface area contributed by atoms with Crippen LogP contribution in [-0.4, -0.2) is 39.5 Å². The molecule has 1 aromatic heterocycles. The number of fused-ring (bicyclic) bond motifs is 1. The first-order chi connectivity index (χ1) is 9.72. The zero-order valence-electron chi connectivity index (χ0n) is 13.0. The van der Waals surface area contributed by atoms with Gasteiger partial charge < -0.3 is 20.0 Å². The standard InChI is InChI=1S/C10H15N4O3.C3H6O.Ag/c1-11-6-14(4-5-15)7-8(11)12(2)10(17)13(3)9(7)16;1-3(2)4;/h6,15H,4-5H2,1-3H3;4H,1H2,2H3;/q-1;;+1. The molecule has 1 aliphatic heterocycles. The Morgan fingerprint density at radius 2 is 1.73 bits per heavy atom. The summed E-state index contributed by atoms with van der Waals surface area (Å²) in [5.74, 6) is 0.714. The van der Waals surface area contributed by atoms with Crippen LogP contribution in [0.4, 0.5) is 11.5 Å². The second-order valence-corrected chi connectivity index (χ2v) is 4.76. The van der Waals surface area contributed by atoms with Crippen LogP contribution < -0.4 is 21.0 Å². The van der Waals surface area contributed by atoms with Crippen molar-refractivity contribution in [1.82, 2.24) is 9.13 Å². The molecule has 0 saturated carbocycles. The number of β-amino-alcohol motifs (C(OH)–C–C–N with tert-alkyl or cyclic N) is 1. The van der Waals surface area contributed by atoms with Crippen molar-refractivity contribution in [2.75, 3.05) is 30.0 Å². The first-order valence-electron chi connectivity index (χ1n) is 6.32. The molecular weight excluding hydrogens is 384 g/mol. The van der Waals surface area contributed by atoms with Gasteiger partial charge in [0.1, 0.15) is 11.5 Å². The van der Waals surface area contributed by atoms with E-state index in [2.05, 4.69) is 6.58 Å². The van der Waals surface area contributed by atoms with E-state index in [0.29, 0.717) is 18.1 Å². The average Bonchev–Trinajstić information content (AvgIpc) is 2.70. The molecule has 0 unspecified atom stereocenters. The Balaban J connectivity index is 0.000000791. The van der Waals surface area contributed by atoms with E-state index >= 15 is 0 Å². The Labute approximate surface area is 144 Å². The number of nitrogens with zero attached hydrogens (tertiary/aromatic N) is 4. The van der Waals surface area contributed by atoms with Crippen molar-refractivity contribution in [1.29, 1.82) is 0 Å². The van der Waals surface area contributed by atoms with Crippen molar-refractivity contribution < 1.29 is 32.6 Å². The molecule has 9 heteroatoms. The fraction of sp³-hybridized carbons (Fsp3) is 0.462. The molecule has 1 aromatic rings. The summed E-state index contributed by atoms with van der Waals surface area (Å²) in [6.45, 7) is 6.60. The zero-order chi connectivity index (χ0) is 16.3. The largest absolute Gasteiger partial charge is 1.00 e. The molecule has 0 fully saturated rings. The quantitative estimate of drug-likeness (QED) is 0.393. The number of hydrogen-bond donors (Lipinski definition) is 2. The number of hydrogen-bond acceptors (Lipinski definition) is 6. The summed E-state index contributed by atoms with van der Waals surface area (Å²) >= 11 is 0. The van der Waals surface area contributed by atoms with Crippen LogP contribution in [0.2, 0.25) is 0 Å². The van der Waals surface area contributed by atoms with E-state index in [1.165, 1.54) is 18.5 Å². The number of aromatic nitrogens is 2. The van der Waals surface area contributed by atoms with Crippen molar-refractivity contribution in [3.63, 3.8) is 0 Å². The predicted molar refractivity (Wildman–Crippen MR) is 81.5 cm³/mol. The smallest absolute Gasteiger partial charge is 0.513 e. The Hall–Kier alpha value is -1.48. The van der Waals surface area contributed by atoms with Crippen LogP contribution in [-0.2, 0) is 36.5 Å². The third kappa shape index (κ3) is 4.04. The monoisotopic (exact) mass is 404 g/mol. The Bertz CT molecular complexity index is 649. The maximum atomic E-state index is 12.0. The molecule has 0 radical (unpaired) electrons. The van der Waals surface area contributed by atoms with Crippen molar-refractivity contribution in [2.45, 2.75) is 6.92 Å². The van der Waals surface area contributed by atoms with Crippen LogP contribution in [0, 0.1) is 6.67 Å². The molecule has 2 N–H and O–H groups in total. The van der Waals surface area contributed by atoms with Crippen molar-refractivity contribution in [3.8, 4) is 0 Å². The summed E-state index contributed by atoms with van der Waals surface area (Å²) in [5, 5.41) is 16.8. The molecule has 0 spiro atoms. The van der Waals surface area contributed by atoms with Gasteiger partial charge in [-0.3, -0.25) is 13.9 Å². The minimum absolute atomic E-state index is 0. The van der Waals surface area contributed by atoms with E-state index in [0.717, 1.165) is 4.57 Å². The van der Waals surface area contributed by atoms with Crippen LogP contribution >= 0.6 is 0 Å². The fourth-order valence-corrected chi connectivity index (χ4v) is 2.07.